The van der Waals surface area contributed by atoms with Crippen molar-refractivity contribution >= 4 is 28.9 Å². The van der Waals surface area contributed by atoms with Crippen LogP contribution in [0.25, 0.3) is 0 Å². The van der Waals surface area contributed by atoms with Gasteiger partial charge in [0, 0.05) is 62.3 Å². The number of amides is 2. The molecule has 2 aromatic carbocycles. The molecule has 1 atom stereocenters. The van der Waals surface area contributed by atoms with Crippen LogP contribution in [0.5, 0.6) is 11.5 Å². The molecule has 2 heterocycles. The first-order valence-electron chi connectivity index (χ1n) is 10.9. The molecule has 8 nitrogen and oxygen atoms in total. The lowest BCUT2D eigenvalue weighted by Gasteiger charge is -2.34. The number of anilines is 3. The van der Waals surface area contributed by atoms with E-state index in [0.717, 1.165) is 37.6 Å². The van der Waals surface area contributed by atoms with Gasteiger partial charge in [0.2, 0.25) is 11.8 Å². The molecule has 0 bridgehead atoms. The smallest absolute Gasteiger partial charge is 0.229 e. The van der Waals surface area contributed by atoms with Gasteiger partial charge in [0.25, 0.3) is 0 Å². The maximum absolute atomic E-state index is 12.8. The van der Waals surface area contributed by atoms with Crippen LogP contribution in [0, 0.1) is 5.92 Å². The lowest BCUT2D eigenvalue weighted by molar-refractivity contribution is -0.122. The highest BCUT2D eigenvalue weighted by molar-refractivity contribution is 6.03. The van der Waals surface area contributed by atoms with Crippen molar-refractivity contribution < 1.29 is 19.1 Å². The van der Waals surface area contributed by atoms with Gasteiger partial charge in [0.1, 0.15) is 0 Å². The Kier molecular flexibility index (Phi) is 6.50. The zero-order valence-electron chi connectivity index (χ0n) is 18.8. The van der Waals surface area contributed by atoms with Gasteiger partial charge in [0.05, 0.1) is 20.1 Å². The Morgan fingerprint density at radius 2 is 1.59 bits per heavy atom. The summed E-state index contributed by atoms with van der Waals surface area (Å²) in [6.45, 7) is 4.42. The molecule has 2 aliphatic heterocycles. The average Bonchev–Trinajstić information content (AvgIpc) is 3.21. The highest BCUT2D eigenvalue weighted by atomic mass is 16.5. The number of carbonyl (C=O) groups is 2. The third-order valence-electron chi connectivity index (χ3n) is 6.18. The van der Waals surface area contributed by atoms with Crippen LogP contribution in [-0.4, -0.2) is 70.7 Å². The zero-order valence-corrected chi connectivity index (χ0v) is 18.8. The number of rotatable bonds is 6. The third kappa shape index (κ3) is 4.65. The number of likely N-dealkylation sites (N-methyl/N-ethyl adjacent to an activating group) is 1. The van der Waals surface area contributed by atoms with Crippen LogP contribution in [0.3, 0.4) is 0 Å². The van der Waals surface area contributed by atoms with Gasteiger partial charge < -0.3 is 29.5 Å². The van der Waals surface area contributed by atoms with Crippen molar-refractivity contribution in [2.24, 2.45) is 5.92 Å². The van der Waals surface area contributed by atoms with Crippen LogP contribution in [0.4, 0.5) is 17.1 Å². The molecule has 32 heavy (non-hydrogen) atoms. The normalized spacial score (nSPS) is 19.2. The molecule has 2 amide bonds. The van der Waals surface area contributed by atoms with Crippen molar-refractivity contribution in [2.45, 2.75) is 6.42 Å². The molecule has 2 aliphatic rings. The number of nitrogens with one attached hydrogen (secondary N) is 1. The van der Waals surface area contributed by atoms with E-state index in [-0.39, 0.29) is 18.2 Å². The van der Waals surface area contributed by atoms with Crippen molar-refractivity contribution in [3.8, 4) is 11.5 Å². The van der Waals surface area contributed by atoms with Gasteiger partial charge in [-0.25, -0.2) is 0 Å². The van der Waals surface area contributed by atoms with E-state index in [1.165, 1.54) is 0 Å². The predicted octanol–water partition coefficient (Wildman–Crippen LogP) is 2.45. The molecule has 2 aromatic rings. The molecule has 8 heteroatoms. The topological polar surface area (TPSA) is 74.4 Å². The number of hydrogen-bond donors (Lipinski definition) is 1. The van der Waals surface area contributed by atoms with Crippen LogP contribution < -0.4 is 24.6 Å². The number of carbonyl (C=O) groups excluding carboxylic acids is 2. The van der Waals surface area contributed by atoms with Crippen molar-refractivity contribution in [1.82, 2.24) is 4.90 Å². The second kappa shape index (κ2) is 9.48. The summed E-state index contributed by atoms with van der Waals surface area (Å²) < 4.78 is 10.6. The molecule has 170 valence electrons. The second-order valence-corrected chi connectivity index (χ2v) is 8.27. The maximum atomic E-state index is 12.8. The number of methoxy groups -OCH3 is 2. The number of piperazine rings is 1. The summed E-state index contributed by atoms with van der Waals surface area (Å²) in [4.78, 5) is 31.7. The second-order valence-electron chi connectivity index (χ2n) is 8.27. The third-order valence-corrected chi connectivity index (χ3v) is 6.18. The number of hydrogen-bond acceptors (Lipinski definition) is 6. The van der Waals surface area contributed by atoms with Gasteiger partial charge in [0.15, 0.2) is 11.5 Å². The van der Waals surface area contributed by atoms with Gasteiger partial charge in [-0.1, -0.05) is 0 Å². The molecule has 2 fully saturated rings. The average molecular weight is 439 g/mol. The Balaban J connectivity index is 1.38. The molecule has 0 radical (unpaired) electrons. The summed E-state index contributed by atoms with van der Waals surface area (Å²) in [7, 11) is 5.26. The molecule has 0 saturated carbocycles. The van der Waals surface area contributed by atoms with Crippen LogP contribution in [0.1, 0.15) is 6.42 Å². The van der Waals surface area contributed by atoms with Gasteiger partial charge >= 0.3 is 0 Å². The minimum atomic E-state index is -0.409. The predicted molar refractivity (Wildman–Crippen MR) is 125 cm³/mol. The molecular weight excluding hydrogens is 408 g/mol. The fourth-order valence-corrected chi connectivity index (χ4v) is 4.19. The van der Waals surface area contributed by atoms with Crippen LogP contribution >= 0.6 is 0 Å². The molecule has 1 N–H and O–H groups in total. The van der Waals surface area contributed by atoms with Crippen LogP contribution in [0.2, 0.25) is 0 Å². The number of ether oxygens (including phenoxy) is 2. The quantitative estimate of drug-likeness (QED) is 0.747. The Bertz CT molecular complexity index is 970. The van der Waals surface area contributed by atoms with Gasteiger partial charge in [-0.2, -0.15) is 0 Å². The fraction of sp³-hybridized carbons (Fsp3) is 0.417. The summed E-state index contributed by atoms with van der Waals surface area (Å²) in [5.74, 6) is 0.507. The minimum Gasteiger partial charge on any atom is -0.493 e. The van der Waals surface area contributed by atoms with Crippen molar-refractivity contribution in [3.05, 3.63) is 42.5 Å². The molecule has 0 spiro atoms. The summed E-state index contributed by atoms with van der Waals surface area (Å²) in [6, 6.07) is 13.2. The highest BCUT2D eigenvalue weighted by Gasteiger charge is 2.35. The van der Waals surface area contributed by atoms with E-state index >= 15 is 0 Å². The number of nitrogens with zero attached hydrogens (tertiary/aromatic N) is 3. The van der Waals surface area contributed by atoms with Crippen LogP contribution in [0.15, 0.2) is 42.5 Å². The van der Waals surface area contributed by atoms with Crippen molar-refractivity contribution in [1.29, 1.82) is 0 Å². The zero-order chi connectivity index (χ0) is 22.7. The largest absolute Gasteiger partial charge is 0.493 e. The Morgan fingerprint density at radius 1 is 0.938 bits per heavy atom. The van der Waals surface area contributed by atoms with E-state index in [1.807, 2.05) is 24.3 Å². The Hall–Kier alpha value is -3.26. The number of benzene rings is 2. The summed E-state index contributed by atoms with van der Waals surface area (Å²) in [6.07, 6.45) is 0.180. The van der Waals surface area contributed by atoms with E-state index in [1.54, 1.807) is 37.3 Å². The highest BCUT2D eigenvalue weighted by Crippen LogP contribution is 2.34. The Morgan fingerprint density at radius 3 is 2.25 bits per heavy atom. The summed E-state index contributed by atoms with van der Waals surface area (Å²) in [5.41, 5.74) is 2.59. The Labute approximate surface area is 188 Å². The fourth-order valence-electron chi connectivity index (χ4n) is 4.19. The van der Waals surface area contributed by atoms with E-state index < -0.39 is 5.92 Å². The first-order chi connectivity index (χ1) is 15.5. The lowest BCUT2D eigenvalue weighted by atomic mass is 10.1. The van der Waals surface area contributed by atoms with E-state index in [9.17, 15) is 9.59 Å². The minimum absolute atomic E-state index is 0.0808. The van der Waals surface area contributed by atoms with E-state index in [4.69, 9.17) is 9.47 Å². The van der Waals surface area contributed by atoms with E-state index in [2.05, 4.69) is 22.2 Å². The van der Waals surface area contributed by atoms with Crippen molar-refractivity contribution in [3.63, 3.8) is 0 Å². The molecular formula is C24H30N4O4. The van der Waals surface area contributed by atoms with Gasteiger partial charge in [-0.05, 0) is 43.4 Å². The summed E-state index contributed by atoms with van der Waals surface area (Å²) in [5, 5.41) is 2.97. The molecule has 0 aromatic heterocycles. The summed E-state index contributed by atoms with van der Waals surface area (Å²) >= 11 is 0. The lowest BCUT2D eigenvalue weighted by Crippen LogP contribution is -2.44. The molecule has 2 saturated heterocycles. The maximum Gasteiger partial charge on any atom is 0.229 e. The van der Waals surface area contributed by atoms with Gasteiger partial charge in [-0.3, -0.25) is 9.59 Å². The first kappa shape index (κ1) is 22.0. The molecule has 0 aliphatic carbocycles. The first-order valence-corrected chi connectivity index (χ1v) is 10.9. The molecule has 0 unspecified atom stereocenters. The monoisotopic (exact) mass is 438 g/mol. The van der Waals surface area contributed by atoms with Crippen LogP contribution in [-0.2, 0) is 9.59 Å². The van der Waals surface area contributed by atoms with Gasteiger partial charge in [-0.15, -0.1) is 0 Å². The standard InChI is InChI=1S/C24H30N4O4/c1-26-10-12-27(13-11-26)19-6-4-18(5-7-19)25-24(30)17-14-23(29)28(16-17)20-8-9-21(31-2)22(15-20)32-3/h4-9,15,17H,10-14,16H2,1-3H3,(H,25,30)/t17-/m0/s1. The SMILES string of the molecule is COc1ccc(N2C[C@@H](C(=O)Nc3ccc(N4CCN(C)CC4)cc3)CC2=O)cc1OC. The molecule has 4 rings (SSSR count). The van der Waals surface area contributed by atoms with Crippen molar-refractivity contribution in [2.75, 3.05) is 69.1 Å². The van der Waals surface area contributed by atoms with E-state index in [0.29, 0.717) is 23.7 Å².